The molecule has 28 heavy (non-hydrogen) atoms. The van der Waals surface area contributed by atoms with Gasteiger partial charge in [0, 0.05) is 35.0 Å². The van der Waals surface area contributed by atoms with Gasteiger partial charge in [-0.25, -0.2) is 9.50 Å². The lowest BCUT2D eigenvalue weighted by Gasteiger charge is -2.04. The minimum Gasteiger partial charge on any atom is -0.378 e. The van der Waals surface area contributed by atoms with E-state index in [9.17, 15) is 4.79 Å². The maximum atomic E-state index is 12.8. The molecule has 3 heterocycles. The minimum absolute atomic E-state index is 0.188. The van der Waals surface area contributed by atoms with Crippen molar-refractivity contribution in [1.82, 2.24) is 24.8 Å². The average molecular weight is 396 g/mol. The Labute approximate surface area is 165 Å². The molecule has 0 radical (unpaired) electrons. The van der Waals surface area contributed by atoms with Crippen molar-refractivity contribution in [3.8, 4) is 22.5 Å². The summed E-state index contributed by atoms with van der Waals surface area (Å²) in [5.74, 6) is 0. The topological polar surface area (TPSA) is 88.1 Å². The molecule has 0 spiro atoms. The fourth-order valence-electron chi connectivity index (χ4n) is 3.90. The molecule has 1 aromatic carbocycles. The van der Waals surface area contributed by atoms with Gasteiger partial charge in [-0.1, -0.05) is 23.7 Å². The molecule has 0 amide bonds. The Morgan fingerprint density at radius 2 is 2.07 bits per heavy atom. The number of rotatable bonds is 4. The van der Waals surface area contributed by atoms with Gasteiger partial charge >= 0.3 is 0 Å². The van der Waals surface area contributed by atoms with E-state index in [1.165, 1.54) is 10.6 Å². The maximum Gasteiger partial charge on any atom is 0.273 e. The van der Waals surface area contributed by atoms with Crippen molar-refractivity contribution in [2.45, 2.75) is 25.9 Å². The highest BCUT2D eigenvalue weighted by Crippen LogP contribution is 2.32. The van der Waals surface area contributed by atoms with Crippen LogP contribution in [0.2, 0.25) is 5.02 Å². The number of halogens is 1. The summed E-state index contributed by atoms with van der Waals surface area (Å²) in [5.41, 5.74) is 6.53. The number of aromatic nitrogens is 5. The second kappa shape index (κ2) is 6.61. The summed E-state index contributed by atoms with van der Waals surface area (Å²) in [6.45, 7) is 0.327. The largest absolute Gasteiger partial charge is 0.378 e. The fourth-order valence-corrected chi connectivity index (χ4v) is 4.03. The lowest BCUT2D eigenvalue weighted by molar-refractivity contribution is 0.181. The standard InChI is InChI=1S/C20H18ClN5O2/c1-28-10-16-18(11-5-7-12(21)8-6-11)20-22-15(9-17(27)26(20)25-16)19-13-3-2-4-14(13)23-24-19/h5-9,25H,2-4,10H2,1H3,(H,23,24). The van der Waals surface area contributed by atoms with Gasteiger partial charge < -0.3 is 4.74 Å². The van der Waals surface area contributed by atoms with Crippen LogP contribution in [0, 0.1) is 0 Å². The molecule has 1 aliphatic rings. The molecule has 0 fully saturated rings. The molecular weight excluding hydrogens is 378 g/mol. The number of aryl methyl sites for hydroxylation is 1. The van der Waals surface area contributed by atoms with Crippen LogP contribution in [-0.2, 0) is 24.2 Å². The number of methoxy groups -OCH3 is 1. The molecule has 7 nitrogen and oxygen atoms in total. The first-order chi connectivity index (χ1) is 13.7. The van der Waals surface area contributed by atoms with Gasteiger partial charge in [-0.3, -0.25) is 15.0 Å². The van der Waals surface area contributed by atoms with E-state index in [-0.39, 0.29) is 5.56 Å². The number of hydrogen-bond donors (Lipinski definition) is 2. The molecule has 0 bridgehead atoms. The van der Waals surface area contributed by atoms with Crippen LogP contribution in [0.5, 0.6) is 0 Å². The average Bonchev–Trinajstić information content (AvgIpc) is 3.37. The first-order valence-corrected chi connectivity index (χ1v) is 9.49. The summed E-state index contributed by atoms with van der Waals surface area (Å²) in [6, 6.07) is 8.99. The predicted molar refractivity (Wildman–Crippen MR) is 107 cm³/mol. The Morgan fingerprint density at radius 1 is 1.25 bits per heavy atom. The second-order valence-electron chi connectivity index (χ2n) is 6.93. The molecule has 142 valence electrons. The van der Waals surface area contributed by atoms with Gasteiger partial charge in [0.2, 0.25) is 0 Å². The maximum absolute atomic E-state index is 12.8. The van der Waals surface area contributed by atoms with Crippen LogP contribution in [0.3, 0.4) is 0 Å². The molecule has 8 heteroatoms. The van der Waals surface area contributed by atoms with Crippen LogP contribution in [0.15, 0.2) is 35.1 Å². The Morgan fingerprint density at radius 3 is 2.86 bits per heavy atom. The van der Waals surface area contributed by atoms with Crippen LogP contribution in [0.25, 0.3) is 28.2 Å². The summed E-state index contributed by atoms with van der Waals surface area (Å²) >= 11 is 6.05. The molecule has 1 aliphatic carbocycles. The van der Waals surface area contributed by atoms with Crippen molar-refractivity contribution >= 4 is 17.2 Å². The van der Waals surface area contributed by atoms with Crippen LogP contribution >= 0.6 is 11.6 Å². The zero-order valence-electron chi connectivity index (χ0n) is 15.3. The van der Waals surface area contributed by atoms with Gasteiger partial charge in [-0.2, -0.15) is 5.10 Å². The van der Waals surface area contributed by atoms with Crippen molar-refractivity contribution in [3.05, 3.63) is 62.7 Å². The number of ether oxygens (including phenoxy) is 1. The molecule has 2 N–H and O–H groups in total. The Balaban J connectivity index is 1.77. The molecule has 0 unspecified atom stereocenters. The Hall–Kier alpha value is -2.90. The second-order valence-corrected chi connectivity index (χ2v) is 7.36. The van der Waals surface area contributed by atoms with E-state index in [1.54, 1.807) is 7.11 Å². The van der Waals surface area contributed by atoms with Gasteiger partial charge in [-0.15, -0.1) is 0 Å². The third kappa shape index (κ3) is 2.66. The smallest absolute Gasteiger partial charge is 0.273 e. The molecule has 3 aromatic heterocycles. The van der Waals surface area contributed by atoms with Gasteiger partial charge in [0.15, 0.2) is 5.65 Å². The molecule has 0 saturated carbocycles. The molecule has 4 aromatic rings. The first kappa shape index (κ1) is 17.2. The lowest BCUT2D eigenvalue weighted by atomic mass is 10.1. The molecule has 0 saturated heterocycles. The quantitative estimate of drug-likeness (QED) is 0.554. The third-order valence-corrected chi connectivity index (χ3v) is 5.41. The summed E-state index contributed by atoms with van der Waals surface area (Å²) in [4.78, 5) is 17.7. The Bertz CT molecular complexity index is 1240. The van der Waals surface area contributed by atoms with Crippen molar-refractivity contribution < 1.29 is 4.74 Å². The van der Waals surface area contributed by atoms with Crippen LogP contribution in [0.1, 0.15) is 23.4 Å². The van der Waals surface area contributed by atoms with Gasteiger partial charge in [0.25, 0.3) is 5.56 Å². The van der Waals surface area contributed by atoms with E-state index in [4.69, 9.17) is 21.3 Å². The van der Waals surface area contributed by atoms with E-state index in [1.807, 2.05) is 24.3 Å². The van der Waals surface area contributed by atoms with E-state index in [0.717, 1.165) is 53.0 Å². The van der Waals surface area contributed by atoms with Crippen molar-refractivity contribution in [2.75, 3.05) is 7.11 Å². The third-order valence-electron chi connectivity index (χ3n) is 5.16. The zero-order chi connectivity index (χ0) is 19.3. The Kier molecular flexibility index (Phi) is 4.07. The number of benzene rings is 1. The monoisotopic (exact) mass is 395 g/mol. The van der Waals surface area contributed by atoms with Crippen molar-refractivity contribution in [3.63, 3.8) is 0 Å². The normalized spacial score (nSPS) is 13.4. The van der Waals surface area contributed by atoms with Crippen molar-refractivity contribution in [1.29, 1.82) is 0 Å². The highest BCUT2D eigenvalue weighted by atomic mass is 35.5. The van der Waals surface area contributed by atoms with Gasteiger partial charge in [0.1, 0.15) is 5.69 Å². The van der Waals surface area contributed by atoms with Gasteiger partial charge in [-0.05, 0) is 37.0 Å². The number of nitrogens with zero attached hydrogens (tertiary/aromatic N) is 3. The summed E-state index contributed by atoms with van der Waals surface area (Å²) < 4.78 is 6.78. The number of hydrogen-bond acceptors (Lipinski definition) is 4. The highest BCUT2D eigenvalue weighted by molar-refractivity contribution is 6.30. The fraction of sp³-hybridized carbons (Fsp3) is 0.250. The van der Waals surface area contributed by atoms with E-state index >= 15 is 0 Å². The van der Waals surface area contributed by atoms with E-state index < -0.39 is 0 Å². The summed E-state index contributed by atoms with van der Waals surface area (Å²) in [7, 11) is 1.62. The van der Waals surface area contributed by atoms with Crippen LogP contribution in [0.4, 0.5) is 0 Å². The molecule has 5 rings (SSSR count). The number of nitrogens with one attached hydrogen (secondary N) is 2. The number of H-pyrrole nitrogens is 2. The first-order valence-electron chi connectivity index (χ1n) is 9.11. The zero-order valence-corrected chi connectivity index (χ0v) is 16.0. The number of aromatic amines is 2. The SMILES string of the molecule is COCc1[nH]n2c(=O)cc(-c3n[nH]c4c3CCC4)nc2c1-c1ccc(Cl)cc1. The molecule has 0 atom stereocenters. The van der Waals surface area contributed by atoms with Gasteiger partial charge in [0.05, 0.1) is 18.0 Å². The van der Waals surface area contributed by atoms with Crippen LogP contribution in [-0.4, -0.2) is 31.9 Å². The minimum atomic E-state index is -0.188. The summed E-state index contributed by atoms with van der Waals surface area (Å²) in [5, 5.41) is 11.3. The van der Waals surface area contributed by atoms with E-state index in [0.29, 0.717) is 23.0 Å². The highest BCUT2D eigenvalue weighted by Gasteiger charge is 2.23. The molecular formula is C20H18ClN5O2. The van der Waals surface area contributed by atoms with Crippen molar-refractivity contribution in [2.24, 2.45) is 0 Å². The molecule has 0 aliphatic heterocycles. The summed E-state index contributed by atoms with van der Waals surface area (Å²) in [6.07, 6.45) is 3.03. The number of fused-ring (bicyclic) bond motifs is 2. The van der Waals surface area contributed by atoms with E-state index in [2.05, 4.69) is 15.3 Å². The predicted octanol–water partition coefficient (Wildman–Crippen LogP) is 3.37. The lowest BCUT2D eigenvalue weighted by Crippen LogP contribution is -2.15. The van der Waals surface area contributed by atoms with Crippen LogP contribution < -0.4 is 5.56 Å².